The zero-order valence-electron chi connectivity index (χ0n) is 7.94. The Balaban J connectivity index is 2.31. The van der Waals surface area contributed by atoms with Gasteiger partial charge in [0.25, 0.3) is 0 Å². The van der Waals surface area contributed by atoms with Crippen LogP contribution in [0.25, 0.3) is 0 Å². The van der Waals surface area contributed by atoms with Gasteiger partial charge in [-0.3, -0.25) is 4.79 Å². The van der Waals surface area contributed by atoms with E-state index in [4.69, 9.17) is 5.11 Å². The maximum atomic E-state index is 10.3. The largest absolute Gasteiger partial charge is 0.481 e. The van der Waals surface area contributed by atoms with Gasteiger partial charge in [-0.25, -0.2) is 0 Å². The number of hydrogen-bond donors (Lipinski definition) is 2. The van der Waals surface area contributed by atoms with Gasteiger partial charge in [0.15, 0.2) is 0 Å². The first kappa shape index (κ1) is 10.5. The molecule has 13 heavy (non-hydrogen) atoms. The number of likely N-dealkylation sites (tertiary alicyclic amines) is 1. The second-order valence-corrected chi connectivity index (χ2v) is 3.81. The van der Waals surface area contributed by atoms with E-state index < -0.39 is 12.1 Å². The van der Waals surface area contributed by atoms with E-state index >= 15 is 0 Å². The van der Waals surface area contributed by atoms with Crippen molar-refractivity contribution in [3.05, 3.63) is 0 Å². The summed E-state index contributed by atoms with van der Waals surface area (Å²) >= 11 is 0. The fourth-order valence-electron chi connectivity index (χ4n) is 1.76. The van der Waals surface area contributed by atoms with Crippen LogP contribution in [0.3, 0.4) is 0 Å². The monoisotopic (exact) mass is 187 g/mol. The maximum Gasteiger partial charge on any atom is 0.305 e. The minimum atomic E-state index is -0.911. The van der Waals surface area contributed by atoms with Crippen molar-refractivity contribution in [3.8, 4) is 0 Å². The molecule has 1 atom stereocenters. The smallest absolute Gasteiger partial charge is 0.305 e. The normalized spacial score (nSPS) is 22.9. The lowest BCUT2D eigenvalue weighted by atomic mass is 9.90. The molecule has 0 unspecified atom stereocenters. The third-order valence-electron chi connectivity index (χ3n) is 2.69. The van der Waals surface area contributed by atoms with Crippen LogP contribution in [-0.2, 0) is 4.79 Å². The Morgan fingerprint density at radius 2 is 2.08 bits per heavy atom. The summed E-state index contributed by atoms with van der Waals surface area (Å²) in [6, 6.07) is 0. The van der Waals surface area contributed by atoms with Crippen LogP contribution in [0.2, 0.25) is 0 Å². The number of piperidine rings is 1. The van der Waals surface area contributed by atoms with Crippen LogP contribution in [0.4, 0.5) is 0 Å². The summed E-state index contributed by atoms with van der Waals surface area (Å²) < 4.78 is 0. The lowest BCUT2D eigenvalue weighted by Crippen LogP contribution is -2.36. The molecule has 0 spiro atoms. The van der Waals surface area contributed by atoms with E-state index in [0.717, 1.165) is 25.9 Å². The molecule has 0 radical (unpaired) electrons. The number of carboxylic acid groups (broad SMARTS) is 1. The van der Waals surface area contributed by atoms with E-state index in [1.165, 1.54) is 0 Å². The number of carbonyl (C=O) groups is 1. The fraction of sp³-hybridized carbons (Fsp3) is 0.889. The minimum Gasteiger partial charge on any atom is -0.481 e. The second kappa shape index (κ2) is 4.58. The standard InChI is InChI=1S/C9H17NO3/c1-10-4-2-7(3-5-10)8(11)6-9(12)13/h7-8,11H,2-6H2,1H3,(H,12,13)/t8-/m0/s1. The van der Waals surface area contributed by atoms with Gasteiger partial charge in [0, 0.05) is 0 Å². The van der Waals surface area contributed by atoms with Gasteiger partial charge < -0.3 is 15.1 Å². The Labute approximate surface area is 78.2 Å². The van der Waals surface area contributed by atoms with Crippen molar-refractivity contribution >= 4 is 5.97 Å². The van der Waals surface area contributed by atoms with Gasteiger partial charge in [0.05, 0.1) is 12.5 Å². The molecule has 0 bridgehead atoms. The van der Waals surface area contributed by atoms with Crippen molar-refractivity contribution < 1.29 is 15.0 Å². The molecule has 2 N–H and O–H groups in total. The molecule has 0 amide bonds. The van der Waals surface area contributed by atoms with Gasteiger partial charge in [-0.1, -0.05) is 0 Å². The van der Waals surface area contributed by atoms with Crippen LogP contribution in [0.1, 0.15) is 19.3 Å². The highest BCUT2D eigenvalue weighted by molar-refractivity contribution is 5.67. The molecule has 76 valence electrons. The van der Waals surface area contributed by atoms with Crippen molar-refractivity contribution in [1.82, 2.24) is 4.90 Å². The van der Waals surface area contributed by atoms with Gasteiger partial charge in [-0.2, -0.15) is 0 Å². The number of carboxylic acids is 1. The third kappa shape index (κ3) is 3.32. The number of nitrogens with zero attached hydrogens (tertiary/aromatic N) is 1. The van der Waals surface area contributed by atoms with E-state index in [2.05, 4.69) is 4.90 Å². The number of aliphatic hydroxyl groups excluding tert-OH is 1. The molecule has 4 nitrogen and oxygen atoms in total. The molecule has 4 heteroatoms. The Morgan fingerprint density at radius 3 is 2.54 bits per heavy atom. The predicted molar refractivity (Wildman–Crippen MR) is 48.5 cm³/mol. The van der Waals surface area contributed by atoms with Crippen LogP contribution >= 0.6 is 0 Å². The molecule has 0 aromatic rings. The van der Waals surface area contributed by atoms with Crippen molar-refractivity contribution in [3.63, 3.8) is 0 Å². The van der Waals surface area contributed by atoms with Crippen molar-refractivity contribution in [2.24, 2.45) is 5.92 Å². The molecule has 0 saturated carbocycles. The molecule has 0 aliphatic carbocycles. The first-order valence-electron chi connectivity index (χ1n) is 4.68. The Kier molecular flexibility index (Phi) is 3.69. The quantitative estimate of drug-likeness (QED) is 0.661. The van der Waals surface area contributed by atoms with Gasteiger partial charge in [-0.15, -0.1) is 0 Å². The van der Waals surface area contributed by atoms with Crippen LogP contribution in [0.15, 0.2) is 0 Å². The lowest BCUT2D eigenvalue weighted by Gasteiger charge is -2.31. The van der Waals surface area contributed by atoms with Crippen molar-refractivity contribution in [2.75, 3.05) is 20.1 Å². The molecule has 1 rings (SSSR count). The Morgan fingerprint density at radius 1 is 1.54 bits per heavy atom. The summed E-state index contributed by atoms with van der Waals surface area (Å²) in [5, 5.41) is 18.0. The summed E-state index contributed by atoms with van der Waals surface area (Å²) in [4.78, 5) is 12.5. The number of rotatable bonds is 3. The average molecular weight is 187 g/mol. The van der Waals surface area contributed by atoms with Crippen molar-refractivity contribution in [2.45, 2.75) is 25.4 Å². The lowest BCUT2D eigenvalue weighted by molar-refractivity contribution is -0.140. The molecular weight excluding hydrogens is 170 g/mol. The number of aliphatic hydroxyl groups is 1. The molecule has 1 aliphatic rings. The van der Waals surface area contributed by atoms with E-state index in [1.54, 1.807) is 0 Å². The van der Waals surface area contributed by atoms with Crippen LogP contribution < -0.4 is 0 Å². The third-order valence-corrected chi connectivity index (χ3v) is 2.69. The van der Waals surface area contributed by atoms with Crippen LogP contribution in [0.5, 0.6) is 0 Å². The van der Waals surface area contributed by atoms with E-state index in [1.807, 2.05) is 7.05 Å². The molecule has 1 saturated heterocycles. The average Bonchev–Trinajstić information content (AvgIpc) is 2.04. The van der Waals surface area contributed by atoms with E-state index in [0.29, 0.717) is 0 Å². The van der Waals surface area contributed by atoms with Gasteiger partial charge in [0.2, 0.25) is 0 Å². The zero-order chi connectivity index (χ0) is 9.84. The summed E-state index contributed by atoms with van der Waals surface area (Å²) in [6.07, 6.45) is 1.04. The molecule has 1 heterocycles. The van der Waals surface area contributed by atoms with Crippen LogP contribution in [0, 0.1) is 5.92 Å². The van der Waals surface area contributed by atoms with Crippen LogP contribution in [-0.4, -0.2) is 47.3 Å². The Bertz CT molecular complexity index is 176. The first-order valence-corrected chi connectivity index (χ1v) is 4.68. The fourth-order valence-corrected chi connectivity index (χ4v) is 1.76. The van der Waals surface area contributed by atoms with Crippen molar-refractivity contribution in [1.29, 1.82) is 0 Å². The molecule has 0 aromatic carbocycles. The van der Waals surface area contributed by atoms with Gasteiger partial charge in [0.1, 0.15) is 0 Å². The summed E-state index contributed by atoms with van der Waals surface area (Å²) in [6.45, 7) is 1.92. The molecular formula is C9H17NO3. The maximum absolute atomic E-state index is 10.3. The minimum absolute atomic E-state index is 0.117. The number of aliphatic carboxylic acids is 1. The molecule has 0 aromatic heterocycles. The topological polar surface area (TPSA) is 60.8 Å². The van der Waals surface area contributed by atoms with Gasteiger partial charge >= 0.3 is 5.97 Å². The highest BCUT2D eigenvalue weighted by Gasteiger charge is 2.25. The van der Waals surface area contributed by atoms with Gasteiger partial charge in [-0.05, 0) is 38.9 Å². The predicted octanol–water partition coefficient (Wildman–Crippen LogP) is 0.164. The Hall–Kier alpha value is -0.610. The molecule has 1 aliphatic heterocycles. The SMILES string of the molecule is CN1CCC([C@@H](O)CC(=O)O)CC1. The summed E-state index contributed by atoms with van der Waals surface area (Å²) in [5.74, 6) is -0.737. The molecule has 1 fully saturated rings. The highest BCUT2D eigenvalue weighted by Crippen LogP contribution is 2.21. The number of hydrogen-bond acceptors (Lipinski definition) is 3. The van der Waals surface area contributed by atoms with E-state index in [-0.39, 0.29) is 12.3 Å². The zero-order valence-corrected chi connectivity index (χ0v) is 7.94. The summed E-state index contributed by atoms with van der Waals surface area (Å²) in [7, 11) is 2.04. The first-order chi connectivity index (χ1) is 6.09. The highest BCUT2D eigenvalue weighted by atomic mass is 16.4. The second-order valence-electron chi connectivity index (χ2n) is 3.81. The summed E-state index contributed by atoms with van der Waals surface area (Å²) in [5.41, 5.74) is 0. The van der Waals surface area contributed by atoms with E-state index in [9.17, 15) is 9.90 Å².